The molecule has 1 aromatic rings. The van der Waals surface area contributed by atoms with Crippen LogP contribution >= 0.6 is 0 Å². The predicted molar refractivity (Wildman–Crippen MR) is 63.1 cm³/mol. The van der Waals surface area contributed by atoms with Gasteiger partial charge in [0.05, 0.1) is 0 Å². The zero-order valence-corrected chi connectivity index (χ0v) is 10.4. The molecule has 0 spiro atoms. The molecule has 0 unspecified atom stereocenters. The first-order valence-electron chi connectivity index (χ1n) is 6.02. The molecule has 1 aromatic heterocycles. The van der Waals surface area contributed by atoms with Gasteiger partial charge in [-0.05, 0) is 19.5 Å². The third-order valence-electron chi connectivity index (χ3n) is 2.94. The van der Waals surface area contributed by atoms with Gasteiger partial charge in [-0.2, -0.15) is 0 Å². The Bertz CT molecular complexity index is 346. The summed E-state index contributed by atoms with van der Waals surface area (Å²) in [5.74, 6) is 1.75. The lowest BCUT2D eigenvalue weighted by molar-refractivity contribution is 0.281. The minimum atomic E-state index is 0.672. The van der Waals surface area contributed by atoms with Crippen molar-refractivity contribution in [3.63, 3.8) is 0 Å². The van der Waals surface area contributed by atoms with Crippen molar-refractivity contribution >= 4 is 0 Å². The molecule has 0 radical (unpaired) electrons. The van der Waals surface area contributed by atoms with Crippen molar-refractivity contribution in [3.05, 3.63) is 17.0 Å². The second-order valence-electron chi connectivity index (χ2n) is 5.04. The lowest BCUT2D eigenvalue weighted by atomic mass is 10.1. The van der Waals surface area contributed by atoms with Crippen LogP contribution in [0.4, 0.5) is 0 Å². The highest BCUT2D eigenvalue weighted by atomic mass is 16.5. The Labute approximate surface area is 97.0 Å². The third kappa shape index (κ3) is 2.62. The van der Waals surface area contributed by atoms with Gasteiger partial charge < -0.3 is 14.7 Å². The number of hydrogen-bond acceptors (Lipinski definition) is 4. The van der Waals surface area contributed by atoms with Gasteiger partial charge in [-0.25, -0.2) is 0 Å². The van der Waals surface area contributed by atoms with E-state index in [4.69, 9.17) is 4.52 Å². The number of aromatic nitrogens is 1. The minimum absolute atomic E-state index is 0.672. The molecule has 0 atom stereocenters. The molecule has 0 saturated carbocycles. The summed E-state index contributed by atoms with van der Waals surface area (Å²) in [5.41, 5.74) is 2.38. The average molecular weight is 223 g/mol. The van der Waals surface area contributed by atoms with Crippen LogP contribution in [0.1, 0.15) is 30.9 Å². The SMILES string of the molecule is CC(C)CNCc1noc2c1CN(C)CC2. The summed E-state index contributed by atoms with van der Waals surface area (Å²) >= 11 is 0. The molecule has 1 aliphatic heterocycles. The van der Waals surface area contributed by atoms with Gasteiger partial charge in [0.25, 0.3) is 0 Å². The summed E-state index contributed by atoms with van der Waals surface area (Å²) in [7, 11) is 2.14. The van der Waals surface area contributed by atoms with Crippen LogP contribution in [0.15, 0.2) is 4.52 Å². The molecule has 16 heavy (non-hydrogen) atoms. The lowest BCUT2D eigenvalue weighted by Gasteiger charge is -2.21. The van der Waals surface area contributed by atoms with Crippen LogP contribution in [-0.2, 0) is 19.5 Å². The molecule has 1 N–H and O–H groups in total. The van der Waals surface area contributed by atoms with E-state index in [9.17, 15) is 0 Å². The molecule has 0 amide bonds. The van der Waals surface area contributed by atoms with Gasteiger partial charge in [0.15, 0.2) is 0 Å². The lowest BCUT2D eigenvalue weighted by Crippen LogP contribution is -2.27. The number of fused-ring (bicyclic) bond motifs is 1. The van der Waals surface area contributed by atoms with Crippen LogP contribution < -0.4 is 5.32 Å². The number of rotatable bonds is 4. The molecule has 1 aliphatic rings. The molecule has 2 rings (SSSR count). The van der Waals surface area contributed by atoms with E-state index >= 15 is 0 Å². The van der Waals surface area contributed by atoms with Crippen molar-refractivity contribution in [1.29, 1.82) is 0 Å². The third-order valence-corrected chi connectivity index (χ3v) is 2.94. The largest absolute Gasteiger partial charge is 0.361 e. The maximum absolute atomic E-state index is 5.38. The molecule has 90 valence electrons. The fourth-order valence-electron chi connectivity index (χ4n) is 2.02. The standard InChI is InChI=1S/C12H21N3O/c1-9(2)6-13-7-11-10-8-15(3)5-4-12(10)16-14-11/h9,13H,4-8H2,1-3H3. The van der Waals surface area contributed by atoms with Gasteiger partial charge in [0.2, 0.25) is 0 Å². The van der Waals surface area contributed by atoms with E-state index in [2.05, 4.69) is 36.3 Å². The highest BCUT2D eigenvalue weighted by Gasteiger charge is 2.21. The average Bonchev–Trinajstić information content (AvgIpc) is 2.60. The maximum Gasteiger partial charge on any atom is 0.142 e. The summed E-state index contributed by atoms with van der Waals surface area (Å²) in [6.07, 6.45) is 0.989. The quantitative estimate of drug-likeness (QED) is 0.838. The van der Waals surface area contributed by atoms with E-state index in [1.807, 2.05) is 0 Å². The smallest absolute Gasteiger partial charge is 0.142 e. The molecule has 0 aliphatic carbocycles. The molecule has 2 heterocycles. The van der Waals surface area contributed by atoms with Gasteiger partial charge in [-0.15, -0.1) is 0 Å². The van der Waals surface area contributed by atoms with Gasteiger partial charge in [0, 0.05) is 31.6 Å². The van der Waals surface area contributed by atoms with Crippen LogP contribution in [0.3, 0.4) is 0 Å². The number of hydrogen-bond donors (Lipinski definition) is 1. The second kappa shape index (κ2) is 4.97. The molecule has 0 aromatic carbocycles. The first-order valence-corrected chi connectivity index (χ1v) is 6.02. The van der Waals surface area contributed by atoms with E-state index in [0.29, 0.717) is 5.92 Å². The second-order valence-corrected chi connectivity index (χ2v) is 5.04. The predicted octanol–water partition coefficient (Wildman–Crippen LogP) is 1.41. The summed E-state index contributed by atoms with van der Waals surface area (Å²) in [6, 6.07) is 0. The van der Waals surface area contributed by atoms with Crippen molar-refractivity contribution < 1.29 is 4.52 Å². The van der Waals surface area contributed by atoms with Crippen LogP contribution in [0.2, 0.25) is 0 Å². The topological polar surface area (TPSA) is 41.3 Å². The normalized spacial score (nSPS) is 16.8. The van der Waals surface area contributed by atoms with Crippen molar-refractivity contribution in [1.82, 2.24) is 15.4 Å². The van der Waals surface area contributed by atoms with Crippen molar-refractivity contribution in [2.45, 2.75) is 33.4 Å². The van der Waals surface area contributed by atoms with Crippen LogP contribution in [0, 0.1) is 5.92 Å². The molecule has 0 saturated heterocycles. The van der Waals surface area contributed by atoms with E-state index in [1.165, 1.54) is 5.56 Å². The number of nitrogens with zero attached hydrogens (tertiary/aromatic N) is 2. The Balaban J connectivity index is 1.97. The van der Waals surface area contributed by atoms with E-state index < -0.39 is 0 Å². The van der Waals surface area contributed by atoms with E-state index in [1.54, 1.807) is 0 Å². The molecule has 4 heteroatoms. The van der Waals surface area contributed by atoms with Crippen LogP contribution in [0.5, 0.6) is 0 Å². The zero-order chi connectivity index (χ0) is 11.5. The minimum Gasteiger partial charge on any atom is -0.361 e. The highest BCUT2D eigenvalue weighted by molar-refractivity contribution is 5.25. The van der Waals surface area contributed by atoms with Crippen molar-refractivity contribution in [2.75, 3.05) is 20.1 Å². The highest BCUT2D eigenvalue weighted by Crippen LogP contribution is 2.21. The van der Waals surface area contributed by atoms with Crippen LogP contribution in [-0.4, -0.2) is 30.2 Å². The zero-order valence-electron chi connectivity index (χ0n) is 10.4. The Morgan fingerprint density at radius 2 is 2.31 bits per heavy atom. The fraction of sp³-hybridized carbons (Fsp3) is 0.750. The van der Waals surface area contributed by atoms with Crippen molar-refractivity contribution in [2.24, 2.45) is 5.92 Å². The summed E-state index contributed by atoms with van der Waals surface area (Å²) in [5, 5.41) is 7.58. The monoisotopic (exact) mass is 223 g/mol. The molecular formula is C12H21N3O. The molecular weight excluding hydrogens is 202 g/mol. The fourth-order valence-corrected chi connectivity index (χ4v) is 2.02. The summed E-state index contributed by atoms with van der Waals surface area (Å²) in [6.45, 7) is 8.30. The first kappa shape index (κ1) is 11.6. The van der Waals surface area contributed by atoms with Gasteiger partial charge in [-0.3, -0.25) is 0 Å². The van der Waals surface area contributed by atoms with Gasteiger partial charge >= 0.3 is 0 Å². The molecule has 4 nitrogen and oxygen atoms in total. The van der Waals surface area contributed by atoms with E-state index in [0.717, 1.165) is 44.1 Å². The summed E-state index contributed by atoms with van der Waals surface area (Å²) in [4.78, 5) is 2.31. The van der Waals surface area contributed by atoms with Gasteiger partial charge in [0.1, 0.15) is 11.5 Å². The Kier molecular flexibility index (Phi) is 3.61. The van der Waals surface area contributed by atoms with Crippen molar-refractivity contribution in [3.8, 4) is 0 Å². The summed E-state index contributed by atoms with van der Waals surface area (Å²) < 4.78 is 5.38. The molecule has 0 fully saturated rings. The van der Waals surface area contributed by atoms with Crippen LogP contribution in [0.25, 0.3) is 0 Å². The Morgan fingerprint density at radius 1 is 1.50 bits per heavy atom. The number of likely N-dealkylation sites (N-methyl/N-ethyl adjacent to an activating group) is 1. The number of nitrogens with one attached hydrogen (secondary N) is 1. The maximum atomic E-state index is 5.38. The Hall–Kier alpha value is -0.870. The molecule has 0 bridgehead atoms. The van der Waals surface area contributed by atoms with Gasteiger partial charge in [-0.1, -0.05) is 19.0 Å². The van der Waals surface area contributed by atoms with E-state index in [-0.39, 0.29) is 0 Å². The first-order chi connectivity index (χ1) is 7.66. The Morgan fingerprint density at radius 3 is 3.06 bits per heavy atom.